The van der Waals surface area contributed by atoms with Crippen LogP contribution in [0.1, 0.15) is 30.4 Å². The van der Waals surface area contributed by atoms with Crippen molar-refractivity contribution in [3.8, 4) is 0 Å². The third-order valence-corrected chi connectivity index (χ3v) is 4.88. The van der Waals surface area contributed by atoms with Crippen molar-refractivity contribution < 1.29 is 27.5 Å². The van der Waals surface area contributed by atoms with E-state index in [-0.39, 0.29) is 24.0 Å². The number of ketones is 1. The second-order valence-corrected chi connectivity index (χ2v) is 6.31. The van der Waals surface area contributed by atoms with Crippen LogP contribution in [0.3, 0.4) is 0 Å². The highest BCUT2D eigenvalue weighted by Gasteiger charge is 2.39. The van der Waals surface area contributed by atoms with Gasteiger partial charge in [-0.25, -0.2) is 4.79 Å². The predicted molar refractivity (Wildman–Crippen MR) is 85.4 cm³/mol. The first-order valence-electron chi connectivity index (χ1n) is 8.00. The molecule has 1 fully saturated rings. The van der Waals surface area contributed by atoms with Gasteiger partial charge in [-0.1, -0.05) is 24.3 Å². The van der Waals surface area contributed by atoms with Gasteiger partial charge in [-0.3, -0.25) is 4.79 Å². The molecule has 2 aliphatic rings. The summed E-state index contributed by atoms with van der Waals surface area (Å²) in [5.74, 6) is -0.735. The molecule has 25 heavy (non-hydrogen) atoms. The van der Waals surface area contributed by atoms with Crippen LogP contribution in [-0.2, 0) is 20.5 Å². The van der Waals surface area contributed by atoms with Gasteiger partial charge < -0.3 is 4.74 Å². The third-order valence-electron chi connectivity index (χ3n) is 4.88. The Labute approximate surface area is 143 Å². The van der Waals surface area contributed by atoms with Gasteiger partial charge in [-0.2, -0.15) is 13.2 Å². The Kier molecular flexibility index (Phi) is 4.54. The summed E-state index contributed by atoms with van der Waals surface area (Å²) in [5.41, 5.74) is 1.29. The highest BCUT2D eigenvalue weighted by molar-refractivity contribution is 5.94. The predicted octanol–water partition coefficient (Wildman–Crippen LogP) is 4.19. The first-order valence-corrected chi connectivity index (χ1v) is 8.00. The molecule has 1 aromatic rings. The van der Waals surface area contributed by atoms with E-state index >= 15 is 0 Å². The highest BCUT2D eigenvalue weighted by Crippen LogP contribution is 2.45. The van der Waals surface area contributed by atoms with Crippen molar-refractivity contribution in [1.29, 1.82) is 0 Å². The number of hydrogen-bond acceptors (Lipinski definition) is 3. The van der Waals surface area contributed by atoms with Gasteiger partial charge in [0.2, 0.25) is 0 Å². The molecule has 1 saturated carbocycles. The van der Waals surface area contributed by atoms with E-state index in [1.165, 1.54) is 19.2 Å². The minimum atomic E-state index is -4.38. The van der Waals surface area contributed by atoms with Gasteiger partial charge in [0.05, 0.1) is 12.7 Å². The smallest absolute Gasteiger partial charge is 0.416 e. The summed E-state index contributed by atoms with van der Waals surface area (Å²) in [4.78, 5) is 23.8. The maximum absolute atomic E-state index is 12.7. The van der Waals surface area contributed by atoms with E-state index in [2.05, 4.69) is 0 Å². The minimum absolute atomic E-state index is 0.0754. The third kappa shape index (κ3) is 3.38. The molecule has 0 aromatic heterocycles. The molecule has 2 atom stereocenters. The Bertz CT molecular complexity index is 757. The number of hydrogen-bond donors (Lipinski definition) is 0. The van der Waals surface area contributed by atoms with Crippen LogP contribution >= 0.6 is 0 Å². The lowest BCUT2D eigenvalue weighted by molar-refractivity contribution is -0.138. The minimum Gasteiger partial charge on any atom is -0.466 e. The van der Waals surface area contributed by atoms with Crippen molar-refractivity contribution in [2.45, 2.75) is 25.4 Å². The van der Waals surface area contributed by atoms with Gasteiger partial charge in [0.25, 0.3) is 0 Å². The molecule has 2 aliphatic carbocycles. The number of halogens is 3. The number of benzene rings is 1. The van der Waals surface area contributed by atoms with E-state index in [9.17, 15) is 22.8 Å². The molecule has 0 heterocycles. The number of carbonyl (C=O) groups is 2. The largest absolute Gasteiger partial charge is 0.466 e. The molecule has 0 unspecified atom stereocenters. The number of ether oxygens (including phenoxy) is 1. The molecule has 0 amide bonds. The number of methoxy groups -OCH3 is 1. The van der Waals surface area contributed by atoms with Crippen molar-refractivity contribution in [3.63, 3.8) is 0 Å². The van der Waals surface area contributed by atoms with E-state index in [1.54, 1.807) is 12.2 Å². The monoisotopic (exact) mass is 350 g/mol. The summed E-state index contributed by atoms with van der Waals surface area (Å²) < 4.78 is 43.0. The molecular weight excluding hydrogens is 333 g/mol. The zero-order chi connectivity index (χ0) is 18.2. The summed E-state index contributed by atoms with van der Waals surface area (Å²) in [6, 6.07) is 5.00. The number of esters is 1. The second-order valence-electron chi connectivity index (χ2n) is 6.31. The first-order chi connectivity index (χ1) is 11.8. The quantitative estimate of drug-likeness (QED) is 0.752. The molecule has 6 heteroatoms. The Morgan fingerprint density at radius 1 is 1.12 bits per heavy atom. The van der Waals surface area contributed by atoms with Crippen LogP contribution in [-0.4, -0.2) is 18.9 Å². The molecule has 1 aromatic carbocycles. The number of fused-ring (bicyclic) bond motifs is 1. The Morgan fingerprint density at radius 2 is 1.80 bits per heavy atom. The van der Waals surface area contributed by atoms with E-state index in [4.69, 9.17) is 4.74 Å². The fraction of sp³-hybridized carbons (Fsp3) is 0.368. The van der Waals surface area contributed by atoms with Crippen molar-refractivity contribution in [3.05, 3.63) is 53.1 Å². The summed E-state index contributed by atoms with van der Waals surface area (Å²) in [6.45, 7) is 0. The van der Waals surface area contributed by atoms with E-state index in [0.29, 0.717) is 24.0 Å². The van der Waals surface area contributed by atoms with Crippen LogP contribution in [0.4, 0.5) is 13.2 Å². The molecule has 0 bridgehead atoms. The fourth-order valence-electron chi connectivity index (χ4n) is 3.63. The Balaban J connectivity index is 1.98. The van der Waals surface area contributed by atoms with E-state index < -0.39 is 17.7 Å². The lowest BCUT2D eigenvalue weighted by Gasteiger charge is -2.36. The van der Waals surface area contributed by atoms with Gasteiger partial charge in [0.1, 0.15) is 5.78 Å². The number of alkyl halides is 3. The van der Waals surface area contributed by atoms with Crippen LogP contribution in [0.15, 0.2) is 42.0 Å². The Morgan fingerprint density at radius 3 is 2.40 bits per heavy atom. The summed E-state index contributed by atoms with van der Waals surface area (Å²) in [5, 5.41) is 0. The van der Waals surface area contributed by atoms with E-state index in [1.807, 2.05) is 0 Å². The SMILES string of the molecule is COC(=O)C1=CC=C(c2ccc(C(F)(F)F)cc2)[C@H]2CCC(=O)C[C@@H]12. The van der Waals surface area contributed by atoms with Crippen LogP contribution < -0.4 is 0 Å². The second kappa shape index (κ2) is 6.50. The lowest BCUT2D eigenvalue weighted by Crippen LogP contribution is -2.32. The van der Waals surface area contributed by atoms with Crippen molar-refractivity contribution in [2.75, 3.05) is 7.11 Å². The van der Waals surface area contributed by atoms with Crippen LogP contribution in [0, 0.1) is 11.8 Å². The van der Waals surface area contributed by atoms with Gasteiger partial charge in [-0.05, 0) is 35.6 Å². The molecule has 132 valence electrons. The topological polar surface area (TPSA) is 43.4 Å². The average molecular weight is 350 g/mol. The van der Waals surface area contributed by atoms with E-state index in [0.717, 1.165) is 17.7 Å². The van der Waals surface area contributed by atoms with Gasteiger partial charge in [-0.15, -0.1) is 0 Å². The number of allylic oxidation sites excluding steroid dienone is 3. The zero-order valence-electron chi connectivity index (χ0n) is 13.6. The average Bonchev–Trinajstić information content (AvgIpc) is 2.59. The lowest BCUT2D eigenvalue weighted by atomic mass is 9.67. The summed E-state index contributed by atoms with van der Waals surface area (Å²) in [7, 11) is 1.29. The van der Waals surface area contributed by atoms with Gasteiger partial charge >= 0.3 is 12.1 Å². The zero-order valence-corrected chi connectivity index (χ0v) is 13.6. The van der Waals surface area contributed by atoms with Gasteiger partial charge in [0.15, 0.2) is 0 Å². The molecule has 3 rings (SSSR count). The maximum atomic E-state index is 12.7. The number of rotatable bonds is 2. The van der Waals surface area contributed by atoms with Crippen LogP contribution in [0.2, 0.25) is 0 Å². The molecule has 0 aliphatic heterocycles. The summed E-state index contributed by atoms with van der Waals surface area (Å²) >= 11 is 0. The van der Waals surface area contributed by atoms with Crippen molar-refractivity contribution in [2.24, 2.45) is 11.8 Å². The van der Waals surface area contributed by atoms with Crippen LogP contribution in [0.25, 0.3) is 5.57 Å². The molecule has 0 spiro atoms. The van der Waals surface area contributed by atoms with Crippen molar-refractivity contribution >= 4 is 17.3 Å². The van der Waals surface area contributed by atoms with Gasteiger partial charge in [0, 0.05) is 24.3 Å². The number of Topliss-reactive ketones (excluding diaryl/α,β-unsaturated/α-hetero) is 1. The molecular formula is C19H17F3O3. The molecule has 0 saturated heterocycles. The normalized spacial score (nSPS) is 23.4. The summed E-state index contributed by atoms with van der Waals surface area (Å²) in [6.07, 6.45) is 0.240. The van der Waals surface area contributed by atoms with Crippen molar-refractivity contribution in [1.82, 2.24) is 0 Å². The first kappa shape index (κ1) is 17.5. The molecule has 0 N–H and O–H groups in total. The fourth-order valence-corrected chi connectivity index (χ4v) is 3.63. The maximum Gasteiger partial charge on any atom is 0.416 e. The standard InChI is InChI=1S/C19H17F3O3/c1-25-18(24)16-9-8-14(15-7-6-13(23)10-17(15)16)11-2-4-12(5-3-11)19(20,21)22/h2-5,8-9,15,17H,6-7,10H2,1H3/t15-,17-/m1/s1. The molecule has 3 nitrogen and oxygen atoms in total. The van der Waals surface area contributed by atoms with Crippen LogP contribution in [0.5, 0.6) is 0 Å². The Hall–Kier alpha value is -2.37. The highest BCUT2D eigenvalue weighted by atomic mass is 19.4. The number of carbonyl (C=O) groups excluding carboxylic acids is 2. The molecule has 0 radical (unpaired) electrons.